The second-order valence-corrected chi connectivity index (χ2v) is 8.86. The average molecular weight is 465 g/mol. The fourth-order valence-electron chi connectivity index (χ4n) is 3.59. The Morgan fingerprint density at radius 2 is 1.68 bits per heavy atom. The van der Waals surface area contributed by atoms with Crippen LogP contribution < -0.4 is 9.47 Å². The molecule has 0 radical (unpaired) electrons. The molecule has 34 heavy (non-hydrogen) atoms. The third-order valence-electron chi connectivity index (χ3n) is 5.18. The Bertz CT molecular complexity index is 1340. The maximum Gasteiger partial charge on any atom is 0.340 e. The van der Waals surface area contributed by atoms with Crippen molar-refractivity contribution in [3.8, 4) is 22.6 Å². The smallest absolute Gasteiger partial charge is 0.340 e. The summed E-state index contributed by atoms with van der Waals surface area (Å²) in [7, 11) is 1.41. The maximum absolute atomic E-state index is 13.7. The zero-order valence-electron chi connectivity index (χ0n) is 19.4. The van der Waals surface area contributed by atoms with Gasteiger partial charge in [-0.15, -0.1) is 0 Å². The van der Waals surface area contributed by atoms with E-state index in [4.69, 9.17) is 14.2 Å². The summed E-state index contributed by atoms with van der Waals surface area (Å²) < 4.78 is 43.7. The monoisotopic (exact) mass is 465 g/mol. The van der Waals surface area contributed by atoms with E-state index in [0.29, 0.717) is 29.0 Å². The molecule has 176 valence electrons. The molecular formula is C27H25F2NO4. The molecule has 0 amide bonds. The number of esters is 1. The van der Waals surface area contributed by atoms with Crippen LogP contribution in [-0.4, -0.2) is 23.7 Å². The molecule has 1 aromatic heterocycles. The van der Waals surface area contributed by atoms with E-state index in [0.717, 1.165) is 28.6 Å². The predicted octanol–water partition coefficient (Wildman–Crippen LogP) is 6.66. The van der Waals surface area contributed by atoms with E-state index in [1.807, 2.05) is 39.0 Å². The molecule has 0 atom stereocenters. The van der Waals surface area contributed by atoms with E-state index >= 15 is 0 Å². The standard InChI is InChI=1S/C27H25F2NO4/c1-27(2,3)34-26(31)21-14-30-24-11-16(5-10-19(21)24)15-33-18-8-6-17(7-9-18)20-12-22(28)23(29)13-25(20)32-4/h5-14,30H,15H2,1-4H3. The fourth-order valence-corrected chi connectivity index (χ4v) is 3.59. The van der Waals surface area contributed by atoms with Gasteiger partial charge in [-0.3, -0.25) is 0 Å². The number of nitrogens with one attached hydrogen (secondary N) is 1. The van der Waals surface area contributed by atoms with Crippen molar-refractivity contribution < 1.29 is 27.8 Å². The van der Waals surface area contributed by atoms with E-state index in [9.17, 15) is 13.6 Å². The third-order valence-corrected chi connectivity index (χ3v) is 5.18. The molecular weight excluding hydrogens is 440 g/mol. The van der Waals surface area contributed by atoms with Gasteiger partial charge in [0.1, 0.15) is 23.7 Å². The average Bonchev–Trinajstić information content (AvgIpc) is 3.22. The van der Waals surface area contributed by atoms with Crippen molar-refractivity contribution in [3.05, 3.63) is 83.6 Å². The lowest BCUT2D eigenvalue weighted by atomic mass is 10.0. The van der Waals surface area contributed by atoms with Gasteiger partial charge in [-0.05, 0) is 56.2 Å². The molecule has 0 spiro atoms. The van der Waals surface area contributed by atoms with Gasteiger partial charge >= 0.3 is 5.97 Å². The molecule has 0 bridgehead atoms. The first-order valence-corrected chi connectivity index (χ1v) is 10.7. The Kier molecular flexibility index (Phi) is 6.28. The van der Waals surface area contributed by atoms with Crippen LogP contribution in [-0.2, 0) is 11.3 Å². The fraction of sp³-hybridized carbons (Fsp3) is 0.222. The van der Waals surface area contributed by atoms with Crippen molar-refractivity contribution in [1.82, 2.24) is 4.98 Å². The number of aromatic nitrogens is 1. The molecule has 1 heterocycles. The Morgan fingerprint density at radius 3 is 2.35 bits per heavy atom. The van der Waals surface area contributed by atoms with Crippen molar-refractivity contribution >= 4 is 16.9 Å². The minimum absolute atomic E-state index is 0.248. The summed E-state index contributed by atoms with van der Waals surface area (Å²) in [5.74, 6) is -1.41. The summed E-state index contributed by atoms with van der Waals surface area (Å²) in [6.45, 7) is 5.80. The van der Waals surface area contributed by atoms with Gasteiger partial charge in [-0.25, -0.2) is 13.6 Å². The lowest BCUT2D eigenvalue weighted by Gasteiger charge is -2.19. The summed E-state index contributed by atoms with van der Waals surface area (Å²) in [5.41, 5.74) is 2.76. The molecule has 0 aliphatic rings. The topological polar surface area (TPSA) is 60.6 Å². The molecule has 0 unspecified atom stereocenters. The summed E-state index contributed by atoms with van der Waals surface area (Å²) >= 11 is 0. The minimum atomic E-state index is -0.960. The second kappa shape index (κ2) is 9.17. The molecule has 0 saturated carbocycles. The third kappa shape index (κ3) is 5.03. The number of rotatable bonds is 6. The number of aromatic amines is 1. The molecule has 0 aliphatic heterocycles. The van der Waals surface area contributed by atoms with E-state index in [1.165, 1.54) is 7.11 Å². The van der Waals surface area contributed by atoms with Crippen LogP contribution in [0.15, 0.2) is 60.8 Å². The normalized spacial score (nSPS) is 11.5. The number of benzene rings is 3. The highest BCUT2D eigenvalue weighted by Crippen LogP contribution is 2.33. The first-order valence-electron chi connectivity index (χ1n) is 10.7. The van der Waals surface area contributed by atoms with Crippen molar-refractivity contribution in [2.45, 2.75) is 33.0 Å². The number of ether oxygens (including phenoxy) is 3. The summed E-state index contributed by atoms with van der Waals surface area (Å²) in [6, 6.07) is 14.8. The van der Waals surface area contributed by atoms with Crippen LogP contribution >= 0.6 is 0 Å². The number of hydrogen-bond acceptors (Lipinski definition) is 4. The Labute approximate surface area is 196 Å². The van der Waals surface area contributed by atoms with Crippen LogP contribution in [0.1, 0.15) is 36.7 Å². The Morgan fingerprint density at radius 1 is 0.971 bits per heavy atom. The van der Waals surface area contributed by atoms with Crippen LogP contribution in [0.2, 0.25) is 0 Å². The summed E-state index contributed by atoms with van der Waals surface area (Å²) in [5, 5.41) is 0.780. The van der Waals surface area contributed by atoms with Crippen molar-refractivity contribution in [3.63, 3.8) is 0 Å². The first-order chi connectivity index (χ1) is 16.1. The lowest BCUT2D eigenvalue weighted by Crippen LogP contribution is -2.23. The lowest BCUT2D eigenvalue weighted by molar-refractivity contribution is 0.00719. The van der Waals surface area contributed by atoms with Gasteiger partial charge < -0.3 is 19.2 Å². The molecule has 0 aliphatic carbocycles. The molecule has 5 nitrogen and oxygen atoms in total. The number of hydrogen-bond donors (Lipinski definition) is 1. The molecule has 4 rings (SSSR count). The summed E-state index contributed by atoms with van der Waals surface area (Å²) in [4.78, 5) is 15.5. The zero-order valence-corrected chi connectivity index (χ0v) is 19.4. The molecule has 0 fully saturated rings. The van der Waals surface area contributed by atoms with Gasteiger partial charge in [0, 0.05) is 28.7 Å². The highest BCUT2D eigenvalue weighted by molar-refractivity contribution is 6.04. The van der Waals surface area contributed by atoms with E-state index in [-0.39, 0.29) is 11.7 Å². The largest absolute Gasteiger partial charge is 0.496 e. The van der Waals surface area contributed by atoms with Crippen LogP contribution in [0, 0.1) is 11.6 Å². The van der Waals surface area contributed by atoms with Gasteiger partial charge in [0.2, 0.25) is 0 Å². The van der Waals surface area contributed by atoms with Gasteiger partial charge in [0.05, 0.1) is 12.7 Å². The SMILES string of the molecule is COc1cc(F)c(F)cc1-c1ccc(OCc2ccc3c(C(=O)OC(C)(C)C)c[nH]c3c2)cc1. The van der Waals surface area contributed by atoms with Gasteiger partial charge in [-0.1, -0.05) is 24.3 Å². The van der Waals surface area contributed by atoms with Crippen molar-refractivity contribution in [2.75, 3.05) is 7.11 Å². The number of carbonyl (C=O) groups is 1. The number of halogens is 2. The minimum Gasteiger partial charge on any atom is -0.496 e. The predicted molar refractivity (Wildman–Crippen MR) is 126 cm³/mol. The van der Waals surface area contributed by atoms with Gasteiger partial charge in [0.25, 0.3) is 0 Å². The Hall–Kier alpha value is -3.87. The van der Waals surface area contributed by atoms with Crippen LogP contribution in [0.5, 0.6) is 11.5 Å². The van der Waals surface area contributed by atoms with E-state index in [2.05, 4.69) is 4.98 Å². The summed E-state index contributed by atoms with van der Waals surface area (Å²) in [6.07, 6.45) is 1.65. The van der Waals surface area contributed by atoms with Crippen LogP contribution in [0.25, 0.3) is 22.0 Å². The first kappa shape index (κ1) is 23.3. The van der Waals surface area contributed by atoms with Crippen LogP contribution in [0.3, 0.4) is 0 Å². The highest BCUT2D eigenvalue weighted by Gasteiger charge is 2.20. The second-order valence-electron chi connectivity index (χ2n) is 8.86. The van der Waals surface area contributed by atoms with E-state index < -0.39 is 17.2 Å². The molecule has 0 saturated heterocycles. The van der Waals surface area contributed by atoms with Crippen molar-refractivity contribution in [1.29, 1.82) is 0 Å². The van der Waals surface area contributed by atoms with E-state index in [1.54, 1.807) is 30.5 Å². The number of methoxy groups -OCH3 is 1. The van der Waals surface area contributed by atoms with Gasteiger partial charge in [0.15, 0.2) is 11.6 Å². The quantitative estimate of drug-likeness (QED) is 0.324. The molecule has 1 N–H and O–H groups in total. The van der Waals surface area contributed by atoms with Crippen molar-refractivity contribution in [2.24, 2.45) is 0 Å². The zero-order chi connectivity index (χ0) is 24.5. The van der Waals surface area contributed by atoms with Gasteiger partial charge in [-0.2, -0.15) is 0 Å². The molecule has 3 aromatic carbocycles. The van der Waals surface area contributed by atoms with Crippen LogP contribution in [0.4, 0.5) is 8.78 Å². The number of carbonyl (C=O) groups excluding carboxylic acids is 1. The number of fused-ring (bicyclic) bond motifs is 1. The molecule has 4 aromatic rings. The Balaban J connectivity index is 1.46. The highest BCUT2D eigenvalue weighted by atomic mass is 19.2. The number of H-pyrrole nitrogens is 1. The molecule has 7 heteroatoms. The maximum atomic E-state index is 13.7.